The van der Waals surface area contributed by atoms with Crippen molar-refractivity contribution in [1.29, 1.82) is 0 Å². The van der Waals surface area contributed by atoms with Crippen molar-refractivity contribution in [3.8, 4) is 0 Å². The summed E-state index contributed by atoms with van der Waals surface area (Å²) in [5.74, 6) is 0. The fraction of sp³-hybridized carbons (Fsp3) is 0.357. The van der Waals surface area contributed by atoms with Crippen molar-refractivity contribution >= 4 is 38.9 Å². The van der Waals surface area contributed by atoms with Gasteiger partial charge in [0.15, 0.2) is 0 Å². The van der Waals surface area contributed by atoms with Gasteiger partial charge in [0, 0.05) is 14.9 Å². The van der Waals surface area contributed by atoms with Crippen LogP contribution in [0.5, 0.6) is 0 Å². The average Bonchev–Trinajstić information content (AvgIpc) is 2.78. The number of rotatable bonds is 5. The third-order valence-corrected chi connectivity index (χ3v) is 4.52. The van der Waals surface area contributed by atoms with Gasteiger partial charge < -0.3 is 5.32 Å². The molecule has 1 atom stereocenters. The third-order valence-electron chi connectivity index (χ3n) is 2.88. The lowest BCUT2D eigenvalue weighted by Gasteiger charge is -2.16. The molecule has 0 aliphatic carbocycles. The van der Waals surface area contributed by atoms with Gasteiger partial charge >= 0.3 is 0 Å². The van der Waals surface area contributed by atoms with Gasteiger partial charge in [-0.1, -0.05) is 40.5 Å². The summed E-state index contributed by atoms with van der Waals surface area (Å²) in [5, 5.41) is 7.49. The lowest BCUT2D eigenvalue weighted by Crippen LogP contribution is -2.23. The van der Waals surface area contributed by atoms with E-state index in [1.807, 2.05) is 19.1 Å². The van der Waals surface area contributed by atoms with Gasteiger partial charge in [-0.3, -0.25) is 0 Å². The zero-order chi connectivity index (χ0) is 13.8. The first-order valence-corrected chi connectivity index (χ1v) is 8.24. The minimum Gasteiger partial charge on any atom is -0.309 e. The van der Waals surface area contributed by atoms with Crippen LogP contribution in [0.2, 0.25) is 5.02 Å². The molecular weight excluding hydrogens is 344 g/mol. The van der Waals surface area contributed by atoms with Crippen LogP contribution in [0.4, 0.5) is 0 Å². The van der Waals surface area contributed by atoms with E-state index in [1.165, 1.54) is 0 Å². The van der Waals surface area contributed by atoms with Crippen LogP contribution in [0.3, 0.4) is 0 Å². The molecule has 19 heavy (non-hydrogen) atoms. The number of benzene rings is 1. The number of nitrogens with one attached hydrogen (secondary N) is 1. The standard InChI is InChI=1S/C14H16BrClN2S/c1-3-17-13(14-8-19-9(2)18-14)6-10-4-5-11(15)7-12(10)16/h4-5,7-8,13,17H,3,6H2,1-2H3. The molecular formula is C14H16BrClN2S. The monoisotopic (exact) mass is 358 g/mol. The molecule has 0 spiro atoms. The summed E-state index contributed by atoms with van der Waals surface area (Å²) in [6, 6.07) is 6.24. The van der Waals surface area contributed by atoms with Crippen LogP contribution in [0, 0.1) is 6.92 Å². The van der Waals surface area contributed by atoms with Crippen LogP contribution in [0.25, 0.3) is 0 Å². The minimum atomic E-state index is 0.216. The second kappa shape index (κ2) is 6.84. The molecule has 1 unspecified atom stereocenters. The second-order valence-electron chi connectivity index (χ2n) is 4.34. The van der Waals surface area contributed by atoms with Gasteiger partial charge in [-0.15, -0.1) is 11.3 Å². The Hall–Kier alpha value is -0.420. The molecule has 2 nitrogen and oxygen atoms in total. The summed E-state index contributed by atoms with van der Waals surface area (Å²) in [5.41, 5.74) is 2.24. The normalized spacial score (nSPS) is 12.6. The molecule has 2 aromatic rings. The molecule has 0 saturated carbocycles. The minimum absolute atomic E-state index is 0.216. The lowest BCUT2D eigenvalue weighted by molar-refractivity contribution is 0.538. The van der Waals surface area contributed by atoms with E-state index >= 15 is 0 Å². The number of hydrogen-bond donors (Lipinski definition) is 1. The molecule has 0 aliphatic heterocycles. The lowest BCUT2D eigenvalue weighted by atomic mass is 10.0. The van der Waals surface area contributed by atoms with Gasteiger partial charge in [-0.25, -0.2) is 4.98 Å². The Morgan fingerprint density at radius 1 is 1.47 bits per heavy atom. The van der Waals surface area contributed by atoms with Crippen LogP contribution >= 0.6 is 38.9 Å². The van der Waals surface area contributed by atoms with E-state index < -0.39 is 0 Å². The van der Waals surface area contributed by atoms with Crippen LogP contribution in [0.1, 0.15) is 29.2 Å². The highest BCUT2D eigenvalue weighted by Crippen LogP contribution is 2.27. The van der Waals surface area contributed by atoms with Crippen molar-refractivity contribution in [1.82, 2.24) is 10.3 Å². The van der Waals surface area contributed by atoms with E-state index in [1.54, 1.807) is 11.3 Å². The maximum absolute atomic E-state index is 6.29. The highest BCUT2D eigenvalue weighted by atomic mass is 79.9. The van der Waals surface area contributed by atoms with E-state index in [0.29, 0.717) is 0 Å². The Morgan fingerprint density at radius 3 is 2.84 bits per heavy atom. The number of likely N-dealkylation sites (N-methyl/N-ethyl adjacent to an activating group) is 1. The molecule has 1 heterocycles. The molecule has 0 fully saturated rings. The van der Waals surface area contributed by atoms with Crippen molar-refractivity contribution in [3.05, 3.63) is 49.3 Å². The summed E-state index contributed by atoms with van der Waals surface area (Å²) in [7, 11) is 0. The fourth-order valence-corrected chi connectivity index (χ4v) is 3.39. The maximum atomic E-state index is 6.29. The molecule has 0 bridgehead atoms. The number of nitrogens with zero attached hydrogens (tertiary/aromatic N) is 1. The quantitative estimate of drug-likeness (QED) is 0.832. The van der Waals surface area contributed by atoms with Gasteiger partial charge in [0.2, 0.25) is 0 Å². The first kappa shape index (κ1) is 15.0. The average molecular weight is 360 g/mol. The maximum Gasteiger partial charge on any atom is 0.0898 e. The van der Waals surface area contributed by atoms with Crippen molar-refractivity contribution < 1.29 is 0 Å². The predicted molar refractivity (Wildman–Crippen MR) is 86.1 cm³/mol. The van der Waals surface area contributed by atoms with Gasteiger partial charge in [0.05, 0.1) is 16.7 Å². The zero-order valence-electron chi connectivity index (χ0n) is 10.9. The van der Waals surface area contributed by atoms with E-state index in [4.69, 9.17) is 11.6 Å². The first-order valence-electron chi connectivity index (χ1n) is 6.19. The molecule has 1 aromatic carbocycles. The molecule has 1 aromatic heterocycles. The Labute approximate surface area is 131 Å². The molecule has 0 amide bonds. The number of hydrogen-bond acceptors (Lipinski definition) is 3. The van der Waals surface area contributed by atoms with Gasteiger partial charge in [-0.2, -0.15) is 0 Å². The zero-order valence-corrected chi connectivity index (χ0v) is 14.1. The van der Waals surface area contributed by atoms with Gasteiger partial charge in [-0.05, 0) is 37.6 Å². The number of aromatic nitrogens is 1. The smallest absolute Gasteiger partial charge is 0.0898 e. The molecule has 0 radical (unpaired) electrons. The summed E-state index contributed by atoms with van der Waals surface area (Å²) >= 11 is 11.4. The topological polar surface area (TPSA) is 24.9 Å². The Kier molecular flexibility index (Phi) is 5.39. The third kappa shape index (κ3) is 4.02. The van der Waals surface area contributed by atoms with Crippen molar-refractivity contribution in [2.24, 2.45) is 0 Å². The van der Waals surface area contributed by atoms with Crippen molar-refractivity contribution in [3.63, 3.8) is 0 Å². The summed E-state index contributed by atoms with van der Waals surface area (Å²) < 4.78 is 1.01. The van der Waals surface area contributed by atoms with Gasteiger partial charge in [0.25, 0.3) is 0 Å². The van der Waals surface area contributed by atoms with Crippen LogP contribution in [0.15, 0.2) is 28.1 Å². The molecule has 5 heteroatoms. The predicted octanol–water partition coefficient (Wildman–Crippen LogP) is 4.76. The number of halogens is 2. The Morgan fingerprint density at radius 2 is 2.26 bits per heavy atom. The summed E-state index contributed by atoms with van der Waals surface area (Å²) in [4.78, 5) is 4.58. The van der Waals surface area contributed by atoms with Crippen molar-refractivity contribution in [2.45, 2.75) is 26.3 Å². The molecule has 0 saturated heterocycles. The molecule has 2 rings (SSSR count). The number of aryl methyl sites for hydroxylation is 1. The SMILES string of the molecule is CCNC(Cc1ccc(Br)cc1Cl)c1csc(C)n1. The van der Waals surface area contributed by atoms with E-state index in [0.717, 1.165) is 38.7 Å². The van der Waals surface area contributed by atoms with Crippen molar-refractivity contribution in [2.75, 3.05) is 6.54 Å². The van der Waals surface area contributed by atoms with Crippen LogP contribution < -0.4 is 5.32 Å². The number of thiazole rings is 1. The fourth-order valence-electron chi connectivity index (χ4n) is 1.98. The Bertz CT molecular complexity index is 556. The largest absolute Gasteiger partial charge is 0.309 e. The summed E-state index contributed by atoms with van der Waals surface area (Å²) in [6.07, 6.45) is 0.850. The molecule has 102 valence electrons. The second-order valence-corrected chi connectivity index (χ2v) is 6.73. The van der Waals surface area contributed by atoms with E-state index in [9.17, 15) is 0 Å². The van der Waals surface area contributed by atoms with E-state index in [-0.39, 0.29) is 6.04 Å². The molecule has 1 N–H and O–H groups in total. The highest BCUT2D eigenvalue weighted by molar-refractivity contribution is 9.10. The molecule has 0 aliphatic rings. The van der Waals surface area contributed by atoms with Crippen LogP contribution in [-0.2, 0) is 6.42 Å². The highest BCUT2D eigenvalue weighted by Gasteiger charge is 2.15. The van der Waals surface area contributed by atoms with Crippen LogP contribution in [-0.4, -0.2) is 11.5 Å². The Balaban J connectivity index is 2.21. The van der Waals surface area contributed by atoms with Gasteiger partial charge in [0.1, 0.15) is 0 Å². The summed E-state index contributed by atoms with van der Waals surface area (Å²) in [6.45, 7) is 5.05. The van der Waals surface area contributed by atoms with E-state index in [2.05, 4.69) is 44.6 Å². The first-order chi connectivity index (χ1) is 9.10.